The van der Waals surface area contributed by atoms with Gasteiger partial charge in [-0.15, -0.1) is 0 Å². The largest absolute Gasteiger partial charge is 0.466 e. The van der Waals surface area contributed by atoms with Crippen LogP contribution >= 0.6 is 0 Å². The quantitative estimate of drug-likeness (QED) is 0.485. The molecule has 192 valence electrons. The van der Waals surface area contributed by atoms with Crippen LogP contribution in [0.4, 0.5) is 5.69 Å². The minimum absolute atomic E-state index is 0.0237. The van der Waals surface area contributed by atoms with Crippen LogP contribution in [0, 0.1) is 18.8 Å². The summed E-state index contributed by atoms with van der Waals surface area (Å²) >= 11 is 0. The van der Waals surface area contributed by atoms with E-state index in [4.69, 9.17) is 4.74 Å². The molecule has 1 heterocycles. The molecule has 6 nitrogen and oxygen atoms in total. The van der Waals surface area contributed by atoms with Gasteiger partial charge in [0, 0.05) is 24.7 Å². The van der Waals surface area contributed by atoms with E-state index < -0.39 is 0 Å². The number of aryl methyl sites for hydroxylation is 1. The second kappa shape index (κ2) is 12.2. The van der Waals surface area contributed by atoms with E-state index in [1.165, 1.54) is 5.56 Å². The first-order chi connectivity index (χ1) is 17.5. The number of carbonyl (C=O) groups is 3. The normalized spacial score (nSPS) is 18.2. The molecule has 36 heavy (non-hydrogen) atoms. The average molecular weight is 491 g/mol. The highest BCUT2D eigenvalue weighted by Gasteiger charge is 2.30. The highest BCUT2D eigenvalue weighted by molar-refractivity contribution is 5.95. The van der Waals surface area contributed by atoms with Crippen molar-refractivity contribution in [3.63, 3.8) is 0 Å². The van der Waals surface area contributed by atoms with Gasteiger partial charge in [0.2, 0.25) is 11.8 Å². The predicted molar refractivity (Wildman–Crippen MR) is 140 cm³/mol. The number of ether oxygens (including phenoxy) is 1. The molecule has 1 aliphatic heterocycles. The molecule has 0 bridgehead atoms. The Morgan fingerprint density at radius 2 is 1.64 bits per heavy atom. The van der Waals surface area contributed by atoms with Crippen molar-refractivity contribution in [2.24, 2.45) is 11.8 Å². The summed E-state index contributed by atoms with van der Waals surface area (Å²) in [6.45, 7) is 5.89. The highest BCUT2D eigenvalue weighted by Crippen LogP contribution is 2.30. The molecule has 2 aromatic rings. The van der Waals surface area contributed by atoms with Crippen LogP contribution in [-0.4, -0.2) is 42.4 Å². The van der Waals surface area contributed by atoms with E-state index in [0.29, 0.717) is 26.2 Å². The number of piperidine rings is 1. The summed E-state index contributed by atoms with van der Waals surface area (Å²) < 4.78 is 5.16. The fourth-order valence-electron chi connectivity index (χ4n) is 5.38. The first-order valence-electron chi connectivity index (χ1n) is 13.4. The fraction of sp³-hybridized carbons (Fsp3) is 0.500. The highest BCUT2D eigenvalue weighted by atomic mass is 16.5. The van der Waals surface area contributed by atoms with Gasteiger partial charge >= 0.3 is 5.97 Å². The lowest BCUT2D eigenvalue weighted by atomic mass is 9.97. The van der Waals surface area contributed by atoms with Gasteiger partial charge in [-0.3, -0.25) is 14.4 Å². The zero-order valence-electron chi connectivity index (χ0n) is 21.6. The topological polar surface area (TPSA) is 66.9 Å². The third-order valence-electron chi connectivity index (χ3n) is 7.56. The molecule has 1 saturated carbocycles. The van der Waals surface area contributed by atoms with E-state index in [2.05, 4.69) is 19.1 Å². The lowest BCUT2D eigenvalue weighted by molar-refractivity contribution is -0.151. The number of likely N-dealkylation sites (tertiary alicyclic amines) is 1. The Labute approximate surface area is 214 Å². The monoisotopic (exact) mass is 490 g/mol. The third kappa shape index (κ3) is 6.34. The number of hydrogen-bond donors (Lipinski definition) is 0. The second-order valence-electron chi connectivity index (χ2n) is 10.1. The number of esters is 1. The van der Waals surface area contributed by atoms with E-state index in [9.17, 15) is 14.4 Å². The molecule has 1 saturated heterocycles. The Morgan fingerprint density at radius 3 is 2.33 bits per heavy atom. The van der Waals surface area contributed by atoms with Crippen molar-refractivity contribution < 1.29 is 19.1 Å². The maximum Gasteiger partial charge on any atom is 0.310 e. The molecule has 2 aliphatic rings. The maximum atomic E-state index is 13.5. The Bertz CT molecular complexity index is 1060. The Morgan fingerprint density at radius 1 is 0.944 bits per heavy atom. The molecule has 0 radical (unpaired) electrons. The molecule has 2 aromatic carbocycles. The molecule has 0 N–H and O–H groups in total. The van der Waals surface area contributed by atoms with Crippen LogP contribution in [0.1, 0.15) is 62.1 Å². The predicted octanol–water partition coefficient (Wildman–Crippen LogP) is 5.06. The number of rotatable bonds is 8. The number of benzene rings is 2. The van der Waals surface area contributed by atoms with Crippen molar-refractivity contribution in [3.05, 3.63) is 65.2 Å². The van der Waals surface area contributed by atoms with Gasteiger partial charge in [0.25, 0.3) is 0 Å². The van der Waals surface area contributed by atoms with Gasteiger partial charge in [0.05, 0.1) is 25.5 Å². The van der Waals surface area contributed by atoms with E-state index in [1.54, 1.807) is 11.8 Å². The second-order valence-corrected chi connectivity index (χ2v) is 10.1. The zero-order valence-corrected chi connectivity index (χ0v) is 21.6. The lowest BCUT2D eigenvalue weighted by Gasteiger charge is -2.31. The van der Waals surface area contributed by atoms with Crippen molar-refractivity contribution in [3.8, 4) is 0 Å². The molecular weight excluding hydrogens is 452 g/mol. The molecule has 0 spiro atoms. The molecule has 4 rings (SSSR count). The van der Waals surface area contributed by atoms with E-state index in [1.807, 2.05) is 41.3 Å². The third-order valence-corrected chi connectivity index (χ3v) is 7.56. The lowest BCUT2D eigenvalue weighted by Crippen LogP contribution is -2.43. The Hall–Kier alpha value is -3.15. The molecule has 1 aliphatic carbocycles. The van der Waals surface area contributed by atoms with E-state index in [-0.39, 0.29) is 36.0 Å². The number of amides is 2. The van der Waals surface area contributed by atoms with Crippen molar-refractivity contribution in [1.29, 1.82) is 0 Å². The van der Waals surface area contributed by atoms with Crippen LogP contribution in [-0.2, 0) is 32.1 Å². The van der Waals surface area contributed by atoms with Crippen molar-refractivity contribution in [2.45, 2.75) is 65.3 Å². The first-order valence-corrected chi connectivity index (χ1v) is 13.4. The van der Waals surface area contributed by atoms with Gasteiger partial charge in [-0.2, -0.15) is 0 Å². The number of nitrogens with zero attached hydrogens (tertiary/aromatic N) is 2. The molecule has 0 aromatic heterocycles. The summed E-state index contributed by atoms with van der Waals surface area (Å²) in [6, 6.07) is 16.0. The van der Waals surface area contributed by atoms with Crippen LogP contribution in [0.15, 0.2) is 48.5 Å². The fourth-order valence-corrected chi connectivity index (χ4v) is 5.38. The van der Waals surface area contributed by atoms with E-state index >= 15 is 0 Å². The van der Waals surface area contributed by atoms with Gasteiger partial charge in [0.1, 0.15) is 0 Å². The van der Waals surface area contributed by atoms with Gasteiger partial charge in [-0.1, -0.05) is 49.2 Å². The minimum Gasteiger partial charge on any atom is -0.466 e. The van der Waals surface area contributed by atoms with Crippen LogP contribution < -0.4 is 4.90 Å². The van der Waals surface area contributed by atoms with Gasteiger partial charge in [0.15, 0.2) is 0 Å². The van der Waals surface area contributed by atoms with Gasteiger partial charge in [-0.05, 0) is 68.4 Å². The number of anilines is 1. The summed E-state index contributed by atoms with van der Waals surface area (Å²) in [5, 5.41) is 0. The van der Waals surface area contributed by atoms with Crippen molar-refractivity contribution in [2.75, 3.05) is 24.6 Å². The molecule has 1 atom stereocenters. The smallest absolute Gasteiger partial charge is 0.310 e. The minimum atomic E-state index is -0.235. The maximum absolute atomic E-state index is 13.5. The average Bonchev–Trinajstić information content (AvgIpc) is 3.44. The van der Waals surface area contributed by atoms with Crippen molar-refractivity contribution >= 4 is 23.5 Å². The van der Waals surface area contributed by atoms with Gasteiger partial charge in [-0.25, -0.2) is 0 Å². The summed E-state index contributed by atoms with van der Waals surface area (Å²) in [6.07, 6.45) is 6.00. The molecule has 6 heteroatoms. The standard InChI is InChI=1S/C30H38N2O4/c1-3-36-30(35)26-13-8-18-31(20-26)28(33)19-23-14-16-27(17-15-23)32(29(34)24-10-6-7-11-24)21-25-12-5-4-9-22(25)2/h4-5,9,12,14-17,24,26H,3,6-8,10-11,13,18-21H2,1-2H3. The van der Waals surface area contributed by atoms with Crippen LogP contribution in [0.5, 0.6) is 0 Å². The Balaban J connectivity index is 1.45. The molecule has 1 unspecified atom stereocenters. The van der Waals surface area contributed by atoms with Gasteiger partial charge < -0.3 is 14.5 Å². The van der Waals surface area contributed by atoms with Crippen LogP contribution in [0.25, 0.3) is 0 Å². The molecule has 2 amide bonds. The Kier molecular flexibility index (Phi) is 8.79. The van der Waals surface area contributed by atoms with Crippen molar-refractivity contribution in [1.82, 2.24) is 4.90 Å². The number of carbonyl (C=O) groups excluding carboxylic acids is 3. The zero-order chi connectivity index (χ0) is 25.5. The number of hydrogen-bond acceptors (Lipinski definition) is 4. The molecule has 2 fully saturated rings. The SMILES string of the molecule is CCOC(=O)C1CCCN(C(=O)Cc2ccc(N(Cc3ccccc3C)C(=O)C3CCCC3)cc2)C1. The summed E-state index contributed by atoms with van der Waals surface area (Å²) in [5.41, 5.74) is 4.09. The van der Waals surface area contributed by atoms with Crippen LogP contribution in [0.3, 0.4) is 0 Å². The summed E-state index contributed by atoms with van der Waals surface area (Å²) in [5.74, 6) is -0.142. The summed E-state index contributed by atoms with van der Waals surface area (Å²) in [4.78, 5) is 42.3. The first kappa shape index (κ1) is 25.9. The molecular formula is C30H38N2O4. The van der Waals surface area contributed by atoms with Crippen LogP contribution in [0.2, 0.25) is 0 Å². The van der Waals surface area contributed by atoms with E-state index in [0.717, 1.165) is 55.3 Å². The summed E-state index contributed by atoms with van der Waals surface area (Å²) in [7, 11) is 0.